The predicted molar refractivity (Wildman–Crippen MR) is 113 cm³/mol. The van der Waals surface area contributed by atoms with Gasteiger partial charge in [-0.1, -0.05) is 27.7 Å². The van der Waals surface area contributed by atoms with Gasteiger partial charge in [-0.3, -0.25) is 38.6 Å². The van der Waals surface area contributed by atoms with E-state index < -0.39 is 29.7 Å². The van der Waals surface area contributed by atoms with Gasteiger partial charge in [0.2, 0.25) is 0 Å². The summed E-state index contributed by atoms with van der Waals surface area (Å²) < 4.78 is 0. The number of Topliss-reactive ketones (excluding diaryl/α,β-unsaturated/α-hetero) is 2. The largest absolute Gasteiger partial charge is 0.317 e. The van der Waals surface area contributed by atoms with Gasteiger partial charge in [-0.25, -0.2) is 0 Å². The molecule has 0 bridgehead atoms. The SMILES string of the molecule is CC(C)CC(=O)CN1C(=O)C=CC1=O.CNCC(C(=O)CC(C)C)N1C(=O)C=CC1=O. The van der Waals surface area contributed by atoms with Crippen LogP contribution in [0.5, 0.6) is 0 Å². The maximum Gasteiger partial charge on any atom is 0.254 e. The summed E-state index contributed by atoms with van der Waals surface area (Å²) in [5.74, 6) is -1.31. The molecule has 0 aromatic heterocycles. The summed E-state index contributed by atoms with van der Waals surface area (Å²) in [4.78, 5) is 70.5. The highest BCUT2D eigenvalue weighted by atomic mass is 16.2. The molecule has 0 saturated heterocycles. The minimum Gasteiger partial charge on any atom is -0.317 e. The van der Waals surface area contributed by atoms with Crippen LogP contribution < -0.4 is 5.32 Å². The fraction of sp³-hybridized carbons (Fsp3) is 0.545. The van der Waals surface area contributed by atoms with Gasteiger partial charge in [-0.15, -0.1) is 0 Å². The highest BCUT2D eigenvalue weighted by molar-refractivity contribution is 6.15. The lowest BCUT2D eigenvalue weighted by atomic mass is 10.0. The van der Waals surface area contributed by atoms with E-state index >= 15 is 0 Å². The molecule has 0 saturated carbocycles. The van der Waals surface area contributed by atoms with Crippen molar-refractivity contribution in [1.29, 1.82) is 0 Å². The molecule has 0 aliphatic carbocycles. The molecular weight excluding hydrogens is 402 g/mol. The van der Waals surface area contributed by atoms with Crippen LogP contribution in [-0.2, 0) is 28.8 Å². The second kappa shape index (κ2) is 12.0. The summed E-state index contributed by atoms with van der Waals surface area (Å²) in [7, 11) is 1.69. The first-order valence-electron chi connectivity index (χ1n) is 10.3. The number of nitrogens with zero attached hydrogens (tertiary/aromatic N) is 2. The van der Waals surface area contributed by atoms with Crippen molar-refractivity contribution in [1.82, 2.24) is 15.1 Å². The van der Waals surface area contributed by atoms with Gasteiger partial charge in [0.25, 0.3) is 23.6 Å². The van der Waals surface area contributed by atoms with Crippen molar-refractivity contribution in [3.63, 3.8) is 0 Å². The average Bonchev–Trinajstić information content (AvgIpc) is 3.15. The van der Waals surface area contributed by atoms with Crippen molar-refractivity contribution in [3.05, 3.63) is 24.3 Å². The number of imide groups is 2. The zero-order valence-electron chi connectivity index (χ0n) is 18.7. The fourth-order valence-electron chi connectivity index (χ4n) is 3.08. The van der Waals surface area contributed by atoms with Crippen LogP contribution in [0.25, 0.3) is 0 Å². The molecule has 2 heterocycles. The standard InChI is InChI=1S/C12H18N2O3.C10H13NO3/c1-8(2)6-10(15)9(7-13-3)14-11(16)4-5-12(14)17;1-7(2)5-8(12)6-11-9(13)3-4-10(11)14/h4-5,8-9,13H,6-7H2,1-3H3;3-4,7H,5-6H2,1-2H3. The molecule has 2 aliphatic heterocycles. The van der Waals surface area contributed by atoms with E-state index in [0.717, 1.165) is 9.80 Å². The Bertz CT molecular complexity index is 761. The monoisotopic (exact) mass is 433 g/mol. The molecule has 2 aliphatic rings. The first-order valence-corrected chi connectivity index (χ1v) is 10.3. The summed E-state index contributed by atoms with van der Waals surface area (Å²) in [5.41, 5.74) is 0. The van der Waals surface area contributed by atoms with E-state index in [4.69, 9.17) is 0 Å². The predicted octanol–water partition coefficient (Wildman–Crippen LogP) is 0.641. The molecular formula is C22H31N3O6. The van der Waals surface area contributed by atoms with E-state index in [1.54, 1.807) is 7.05 Å². The minimum absolute atomic E-state index is 0.0783. The van der Waals surface area contributed by atoms with Gasteiger partial charge < -0.3 is 5.32 Å². The highest BCUT2D eigenvalue weighted by Crippen LogP contribution is 2.13. The van der Waals surface area contributed by atoms with Crippen LogP contribution >= 0.6 is 0 Å². The molecule has 4 amide bonds. The van der Waals surface area contributed by atoms with Crippen LogP contribution in [0.2, 0.25) is 0 Å². The van der Waals surface area contributed by atoms with Gasteiger partial charge in [-0.05, 0) is 18.9 Å². The number of carbonyl (C=O) groups excluding carboxylic acids is 6. The van der Waals surface area contributed by atoms with E-state index in [1.165, 1.54) is 24.3 Å². The van der Waals surface area contributed by atoms with Crippen molar-refractivity contribution >= 4 is 35.2 Å². The Morgan fingerprint density at radius 3 is 1.68 bits per heavy atom. The smallest absolute Gasteiger partial charge is 0.254 e. The second-order valence-electron chi connectivity index (χ2n) is 8.25. The summed E-state index contributed by atoms with van der Waals surface area (Å²) in [6.07, 6.45) is 5.54. The Balaban J connectivity index is 0.000000316. The summed E-state index contributed by atoms with van der Waals surface area (Å²) in [5, 5.41) is 2.85. The third-order valence-electron chi connectivity index (χ3n) is 4.40. The summed E-state index contributed by atoms with van der Waals surface area (Å²) >= 11 is 0. The Labute approximate surface area is 182 Å². The van der Waals surface area contributed by atoms with Gasteiger partial charge in [0, 0.05) is 43.7 Å². The van der Waals surface area contributed by atoms with Gasteiger partial charge in [-0.2, -0.15) is 0 Å². The van der Waals surface area contributed by atoms with E-state index in [1.807, 2.05) is 27.7 Å². The number of hydrogen-bond donors (Lipinski definition) is 1. The quantitative estimate of drug-likeness (QED) is 0.502. The molecule has 0 fully saturated rings. The molecule has 1 unspecified atom stereocenters. The topological polar surface area (TPSA) is 121 Å². The van der Waals surface area contributed by atoms with Gasteiger partial charge in [0.15, 0.2) is 11.6 Å². The van der Waals surface area contributed by atoms with E-state index in [9.17, 15) is 28.8 Å². The van der Waals surface area contributed by atoms with Crippen LogP contribution in [0.1, 0.15) is 40.5 Å². The lowest BCUT2D eigenvalue weighted by molar-refractivity contribution is -0.144. The van der Waals surface area contributed by atoms with Crippen LogP contribution in [0.3, 0.4) is 0 Å². The molecule has 9 nitrogen and oxygen atoms in total. The van der Waals surface area contributed by atoms with Crippen LogP contribution in [0.15, 0.2) is 24.3 Å². The number of amides is 4. The number of carbonyl (C=O) groups is 6. The van der Waals surface area contributed by atoms with Gasteiger partial charge >= 0.3 is 0 Å². The molecule has 0 radical (unpaired) electrons. The fourth-order valence-corrected chi connectivity index (χ4v) is 3.08. The Morgan fingerprint density at radius 1 is 0.806 bits per heavy atom. The van der Waals surface area contributed by atoms with Crippen molar-refractivity contribution in [2.75, 3.05) is 20.1 Å². The van der Waals surface area contributed by atoms with Crippen LogP contribution in [0.4, 0.5) is 0 Å². The molecule has 1 N–H and O–H groups in total. The molecule has 31 heavy (non-hydrogen) atoms. The van der Waals surface area contributed by atoms with E-state index in [2.05, 4.69) is 5.32 Å². The first kappa shape index (κ1) is 26.1. The lowest BCUT2D eigenvalue weighted by Crippen LogP contribution is -2.50. The van der Waals surface area contributed by atoms with Crippen molar-refractivity contribution < 1.29 is 28.8 Å². The Morgan fingerprint density at radius 2 is 1.26 bits per heavy atom. The molecule has 9 heteroatoms. The molecule has 2 rings (SSSR count). The van der Waals surface area contributed by atoms with E-state index in [-0.39, 0.29) is 29.9 Å². The maximum absolute atomic E-state index is 12.0. The molecule has 170 valence electrons. The van der Waals surface area contributed by atoms with Gasteiger partial charge in [0.1, 0.15) is 6.04 Å². The number of likely N-dealkylation sites (N-methyl/N-ethyl adjacent to an activating group) is 1. The number of nitrogens with one attached hydrogen (secondary N) is 1. The van der Waals surface area contributed by atoms with E-state index in [0.29, 0.717) is 19.4 Å². The molecule has 0 aromatic rings. The van der Waals surface area contributed by atoms with Crippen molar-refractivity contribution in [2.45, 2.75) is 46.6 Å². The number of hydrogen-bond acceptors (Lipinski definition) is 7. The second-order valence-corrected chi connectivity index (χ2v) is 8.25. The van der Waals surface area contributed by atoms with Crippen molar-refractivity contribution in [3.8, 4) is 0 Å². The maximum atomic E-state index is 12.0. The summed E-state index contributed by atoms with van der Waals surface area (Å²) in [6, 6.07) is -0.697. The van der Waals surface area contributed by atoms with Crippen LogP contribution in [0, 0.1) is 11.8 Å². The lowest BCUT2D eigenvalue weighted by Gasteiger charge is -2.25. The molecule has 0 spiro atoms. The Kier molecular flexibility index (Phi) is 10.1. The third kappa shape index (κ3) is 8.01. The summed E-state index contributed by atoms with van der Waals surface area (Å²) in [6.45, 7) is 7.90. The first-order chi connectivity index (χ1) is 14.5. The third-order valence-corrected chi connectivity index (χ3v) is 4.40. The number of ketones is 2. The Hall–Kier alpha value is -2.94. The number of rotatable bonds is 10. The molecule has 0 aromatic carbocycles. The van der Waals surface area contributed by atoms with Gasteiger partial charge in [0.05, 0.1) is 6.54 Å². The average molecular weight is 434 g/mol. The normalized spacial score (nSPS) is 16.5. The minimum atomic E-state index is -0.697. The molecule has 1 atom stereocenters. The van der Waals surface area contributed by atoms with Crippen molar-refractivity contribution in [2.24, 2.45) is 11.8 Å². The highest BCUT2D eigenvalue weighted by Gasteiger charge is 2.35. The van der Waals surface area contributed by atoms with Crippen LogP contribution in [-0.4, -0.2) is 71.2 Å². The zero-order valence-corrected chi connectivity index (χ0v) is 18.7. The zero-order chi connectivity index (χ0) is 23.7.